The maximum absolute atomic E-state index is 12.9. The van der Waals surface area contributed by atoms with Crippen LogP contribution >= 0.6 is 23.2 Å². The third-order valence-corrected chi connectivity index (χ3v) is 7.78. The molecule has 3 aliphatic rings. The lowest BCUT2D eigenvalue weighted by atomic mass is 9.74. The molecule has 1 fully saturated rings. The molecule has 2 atom stereocenters. The number of fused-ring (bicyclic) bond motifs is 3. The first-order chi connectivity index (χ1) is 15.6. The van der Waals surface area contributed by atoms with E-state index >= 15 is 0 Å². The summed E-state index contributed by atoms with van der Waals surface area (Å²) in [6, 6.07) is 9.90. The number of rotatable bonds is 2. The highest BCUT2D eigenvalue weighted by molar-refractivity contribution is 6.36. The number of amides is 1. The monoisotopic (exact) mass is 488 g/mol. The molecule has 0 radical (unpaired) electrons. The van der Waals surface area contributed by atoms with E-state index < -0.39 is 5.60 Å². The van der Waals surface area contributed by atoms with Crippen molar-refractivity contribution in [3.8, 4) is 16.9 Å². The number of halogens is 2. The first kappa shape index (κ1) is 22.7. The predicted octanol–water partition coefficient (Wildman–Crippen LogP) is 6.75. The van der Waals surface area contributed by atoms with Crippen molar-refractivity contribution in [3.63, 3.8) is 0 Å². The molecule has 0 bridgehead atoms. The van der Waals surface area contributed by atoms with Gasteiger partial charge in [-0.25, -0.2) is 4.79 Å². The predicted molar refractivity (Wildman–Crippen MR) is 133 cm³/mol. The van der Waals surface area contributed by atoms with Gasteiger partial charge < -0.3 is 19.3 Å². The highest BCUT2D eigenvalue weighted by Gasteiger charge is 2.55. The molecule has 3 heterocycles. The third-order valence-electron chi connectivity index (χ3n) is 7.23. The average Bonchev–Trinajstić information content (AvgIpc) is 3.04. The van der Waals surface area contributed by atoms with Crippen molar-refractivity contribution in [2.24, 2.45) is 0 Å². The first-order valence-corrected chi connectivity index (χ1v) is 12.4. The van der Waals surface area contributed by atoms with Gasteiger partial charge in [0.25, 0.3) is 0 Å². The number of ether oxygens (including phenoxy) is 2. The molecule has 0 saturated carbocycles. The van der Waals surface area contributed by atoms with Crippen molar-refractivity contribution in [3.05, 3.63) is 45.9 Å². The number of carbonyl (C=O) groups is 1. The van der Waals surface area contributed by atoms with E-state index in [4.69, 9.17) is 32.7 Å². The van der Waals surface area contributed by atoms with Crippen LogP contribution in [0, 0.1) is 0 Å². The molecule has 2 aromatic rings. The second-order valence-electron chi connectivity index (χ2n) is 10.2. The molecule has 0 N–H and O–H groups in total. The highest BCUT2D eigenvalue weighted by atomic mass is 35.5. The van der Waals surface area contributed by atoms with Crippen LogP contribution in [-0.2, 0) is 4.74 Å². The molecular formula is C26H30Cl2N2O3. The summed E-state index contributed by atoms with van der Waals surface area (Å²) in [7, 11) is 0. The smallest absolute Gasteiger partial charge is 0.410 e. The molecule has 1 saturated heterocycles. The molecular weight excluding hydrogens is 459 g/mol. The van der Waals surface area contributed by atoms with Crippen molar-refractivity contribution >= 4 is 35.0 Å². The van der Waals surface area contributed by atoms with Crippen molar-refractivity contribution < 1.29 is 14.3 Å². The fourth-order valence-electron chi connectivity index (χ4n) is 5.78. The van der Waals surface area contributed by atoms with E-state index in [-0.39, 0.29) is 17.6 Å². The number of piperidine rings is 1. The van der Waals surface area contributed by atoms with Gasteiger partial charge in [0.15, 0.2) is 0 Å². The minimum absolute atomic E-state index is 0.0260. The lowest BCUT2D eigenvalue weighted by Crippen LogP contribution is -2.59. The van der Waals surface area contributed by atoms with Crippen LogP contribution in [0.5, 0.6) is 5.75 Å². The van der Waals surface area contributed by atoms with E-state index in [1.807, 2.05) is 37.8 Å². The number of anilines is 1. The summed E-state index contributed by atoms with van der Waals surface area (Å²) in [5, 5.41) is 1.22. The molecule has 0 aliphatic carbocycles. The van der Waals surface area contributed by atoms with Gasteiger partial charge in [0, 0.05) is 34.6 Å². The molecule has 1 amide bonds. The van der Waals surface area contributed by atoms with Gasteiger partial charge in [-0.05, 0) is 69.0 Å². The molecule has 3 aliphatic heterocycles. The average molecular weight is 489 g/mol. The van der Waals surface area contributed by atoms with Crippen LogP contribution in [0.1, 0.15) is 52.0 Å². The van der Waals surface area contributed by atoms with E-state index in [9.17, 15) is 4.79 Å². The summed E-state index contributed by atoms with van der Waals surface area (Å²) in [5.74, 6) is 1.07. The number of nitrogens with zero attached hydrogens (tertiary/aromatic N) is 2. The molecule has 7 heteroatoms. The van der Waals surface area contributed by atoms with Gasteiger partial charge in [0.05, 0.1) is 17.8 Å². The summed E-state index contributed by atoms with van der Waals surface area (Å²) in [6.45, 7) is 10.8. The maximum Gasteiger partial charge on any atom is 0.410 e. The molecule has 33 heavy (non-hydrogen) atoms. The minimum atomic E-state index is -0.515. The van der Waals surface area contributed by atoms with Crippen molar-refractivity contribution in [1.82, 2.24) is 4.90 Å². The van der Waals surface area contributed by atoms with E-state index in [1.165, 1.54) is 11.3 Å². The lowest BCUT2D eigenvalue weighted by molar-refractivity contribution is 0.0135. The van der Waals surface area contributed by atoms with Crippen LogP contribution < -0.4 is 9.64 Å². The largest absolute Gasteiger partial charge is 0.490 e. The maximum atomic E-state index is 12.9. The Morgan fingerprint density at radius 1 is 1.21 bits per heavy atom. The molecule has 5 nitrogen and oxygen atoms in total. The van der Waals surface area contributed by atoms with Gasteiger partial charge in [0.1, 0.15) is 18.0 Å². The fraction of sp³-hybridized carbons (Fsp3) is 0.500. The molecule has 0 aromatic heterocycles. The Kier molecular flexibility index (Phi) is 5.49. The summed E-state index contributed by atoms with van der Waals surface area (Å²) in [6.07, 6.45) is 1.67. The van der Waals surface area contributed by atoms with Crippen molar-refractivity contribution in [1.29, 1.82) is 0 Å². The molecule has 2 aromatic carbocycles. The second-order valence-corrected chi connectivity index (χ2v) is 11.1. The van der Waals surface area contributed by atoms with Gasteiger partial charge in [0.2, 0.25) is 0 Å². The van der Waals surface area contributed by atoms with Gasteiger partial charge in [-0.3, -0.25) is 0 Å². The Bertz CT molecular complexity index is 1110. The standard InChI is InChI=1S/C26H30Cl2N2O3/c1-5-26-8-9-29(24(31)33-25(2,3)4)15-20(26)19-12-16(18-7-6-17(27)14-21(18)28)13-22-23(19)30(26)10-11-32-22/h6-7,12-14,20H,5,8-11,15H2,1-4H3. The highest BCUT2D eigenvalue weighted by Crippen LogP contribution is 2.58. The van der Waals surface area contributed by atoms with E-state index in [2.05, 4.69) is 24.0 Å². The SMILES string of the molecule is CCC12CCN(C(=O)OC(C)(C)C)CC1c1cc(-c3ccc(Cl)cc3Cl)cc3c1N2CCO3. The zero-order valence-corrected chi connectivity index (χ0v) is 21.1. The normalized spacial score (nSPS) is 23.6. The van der Waals surface area contributed by atoms with Crippen LogP contribution in [-0.4, -0.2) is 48.4 Å². The van der Waals surface area contributed by atoms with Crippen LogP contribution in [0.2, 0.25) is 10.0 Å². The van der Waals surface area contributed by atoms with Crippen LogP contribution in [0.3, 0.4) is 0 Å². The van der Waals surface area contributed by atoms with Gasteiger partial charge in [-0.2, -0.15) is 0 Å². The zero-order valence-electron chi connectivity index (χ0n) is 19.6. The molecule has 5 rings (SSSR count). The Morgan fingerprint density at radius 3 is 2.70 bits per heavy atom. The van der Waals surface area contributed by atoms with E-state index in [0.717, 1.165) is 36.3 Å². The lowest BCUT2D eigenvalue weighted by Gasteiger charge is -2.49. The summed E-state index contributed by atoms with van der Waals surface area (Å²) in [4.78, 5) is 17.4. The fourth-order valence-corrected chi connectivity index (χ4v) is 6.30. The van der Waals surface area contributed by atoms with Crippen LogP contribution in [0.15, 0.2) is 30.3 Å². The van der Waals surface area contributed by atoms with Crippen LogP contribution in [0.25, 0.3) is 11.1 Å². The number of hydrogen-bond acceptors (Lipinski definition) is 4. The van der Waals surface area contributed by atoms with E-state index in [0.29, 0.717) is 29.7 Å². The quantitative estimate of drug-likeness (QED) is 0.468. The van der Waals surface area contributed by atoms with Crippen molar-refractivity contribution in [2.45, 2.75) is 57.6 Å². The summed E-state index contributed by atoms with van der Waals surface area (Å²) >= 11 is 12.7. The van der Waals surface area contributed by atoms with E-state index in [1.54, 1.807) is 6.07 Å². The Hall–Kier alpha value is -2.11. The van der Waals surface area contributed by atoms with Crippen molar-refractivity contribution in [2.75, 3.05) is 31.1 Å². The molecule has 0 spiro atoms. The number of hydrogen-bond donors (Lipinski definition) is 0. The Labute approximate surface area is 205 Å². The third kappa shape index (κ3) is 3.74. The topological polar surface area (TPSA) is 42.0 Å². The van der Waals surface area contributed by atoms with Crippen LogP contribution in [0.4, 0.5) is 10.5 Å². The summed E-state index contributed by atoms with van der Waals surface area (Å²) < 4.78 is 11.9. The minimum Gasteiger partial charge on any atom is -0.490 e. The molecule has 176 valence electrons. The first-order valence-electron chi connectivity index (χ1n) is 11.6. The van der Waals surface area contributed by atoms with Gasteiger partial charge in [-0.15, -0.1) is 0 Å². The Morgan fingerprint density at radius 2 is 2.00 bits per heavy atom. The van der Waals surface area contributed by atoms with Gasteiger partial charge >= 0.3 is 6.09 Å². The number of likely N-dealkylation sites (tertiary alicyclic amines) is 1. The second kappa shape index (κ2) is 7.99. The summed E-state index contributed by atoms with van der Waals surface area (Å²) in [5.41, 5.74) is 3.79. The number of carbonyl (C=O) groups excluding carboxylic acids is 1. The molecule has 2 unspecified atom stereocenters. The number of benzene rings is 2. The zero-order chi connectivity index (χ0) is 23.5. The van der Waals surface area contributed by atoms with Gasteiger partial charge in [-0.1, -0.05) is 36.2 Å². The Balaban J connectivity index is 1.59.